The van der Waals surface area contributed by atoms with E-state index in [0.717, 1.165) is 11.3 Å². The highest BCUT2D eigenvalue weighted by Gasteiger charge is 2.22. The Morgan fingerprint density at radius 3 is 2.19 bits per heavy atom. The third-order valence-electron chi connectivity index (χ3n) is 3.84. The number of hydrogen-bond acceptors (Lipinski definition) is 8. The molecule has 11 heteroatoms. The van der Waals surface area contributed by atoms with Gasteiger partial charge in [-0.1, -0.05) is 28.4 Å². The second-order valence-corrected chi connectivity index (χ2v) is 7.78. The van der Waals surface area contributed by atoms with Crippen LogP contribution in [0.3, 0.4) is 0 Å². The SMILES string of the molecule is CCOC(=O)C(=NOC(=O)c1ccc(Cl)cc1)c1csc(NC(=O)c2ccc(Cl)cc2)n1. The number of nitrogens with one attached hydrogen (secondary N) is 1. The fraction of sp³-hybridized carbons (Fsp3) is 0.0952. The highest BCUT2D eigenvalue weighted by atomic mass is 35.5. The van der Waals surface area contributed by atoms with Gasteiger partial charge in [-0.3, -0.25) is 10.1 Å². The van der Waals surface area contributed by atoms with E-state index >= 15 is 0 Å². The molecular formula is C21H15Cl2N3O5S. The average Bonchev–Trinajstić information content (AvgIpc) is 3.23. The van der Waals surface area contributed by atoms with E-state index in [1.54, 1.807) is 31.2 Å². The number of thiazole rings is 1. The van der Waals surface area contributed by atoms with Crippen LogP contribution >= 0.6 is 34.5 Å². The minimum atomic E-state index is -0.836. The normalized spacial score (nSPS) is 11.0. The van der Waals surface area contributed by atoms with Gasteiger partial charge in [0.05, 0.1) is 12.2 Å². The van der Waals surface area contributed by atoms with Crippen molar-refractivity contribution in [2.45, 2.75) is 6.92 Å². The predicted octanol–water partition coefficient (Wildman–Crippen LogP) is 4.83. The molecule has 3 rings (SSSR count). The molecule has 8 nitrogen and oxygen atoms in total. The molecule has 164 valence electrons. The fourth-order valence-corrected chi connectivity index (χ4v) is 3.27. The summed E-state index contributed by atoms with van der Waals surface area (Å²) in [6.07, 6.45) is 0. The Hall–Kier alpha value is -3.27. The maximum Gasteiger partial charge on any atom is 0.365 e. The Morgan fingerprint density at radius 1 is 1.00 bits per heavy atom. The molecule has 1 heterocycles. The van der Waals surface area contributed by atoms with Crippen LogP contribution in [-0.2, 0) is 14.4 Å². The Morgan fingerprint density at radius 2 is 1.59 bits per heavy atom. The van der Waals surface area contributed by atoms with Crippen molar-refractivity contribution in [2.75, 3.05) is 11.9 Å². The lowest BCUT2D eigenvalue weighted by Gasteiger charge is -2.04. The lowest BCUT2D eigenvalue weighted by Crippen LogP contribution is -2.20. The van der Waals surface area contributed by atoms with E-state index in [-0.39, 0.29) is 28.7 Å². The molecule has 1 aromatic heterocycles. The number of ether oxygens (including phenoxy) is 1. The standard InChI is InChI=1S/C21H15Cl2N3O5S/c1-2-30-20(29)17(26-31-19(28)13-5-9-15(23)10-6-13)16-11-32-21(24-16)25-18(27)12-3-7-14(22)8-4-12/h3-11H,2H2,1H3,(H,24,25,27). The lowest BCUT2D eigenvalue weighted by atomic mass is 10.2. The number of amides is 1. The summed E-state index contributed by atoms with van der Waals surface area (Å²) < 4.78 is 4.97. The van der Waals surface area contributed by atoms with Crippen LogP contribution in [0.4, 0.5) is 5.13 Å². The number of carbonyl (C=O) groups is 3. The lowest BCUT2D eigenvalue weighted by molar-refractivity contribution is -0.135. The molecular weight excluding hydrogens is 477 g/mol. The topological polar surface area (TPSA) is 107 Å². The Bertz CT molecular complexity index is 1160. The van der Waals surface area contributed by atoms with E-state index in [1.165, 1.54) is 29.6 Å². The molecule has 1 N–H and O–H groups in total. The van der Waals surface area contributed by atoms with E-state index < -0.39 is 17.8 Å². The number of rotatable bonds is 7. The van der Waals surface area contributed by atoms with Gasteiger partial charge in [-0.25, -0.2) is 14.6 Å². The summed E-state index contributed by atoms with van der Waals surface area (Å²) in [6.45, 7) is 1.70. The van der Waals surface area contributed by atoms with Gasteiger partial charge in [0, 0.05) is 21.0 Å². The van der Waals surface area contributed by atoms with Gasteiger partial charge in [-0.2, -0.15) is 0 Å². The van der Waals surface area contributed by atoms with Crippen LogP contribution in [0.15, 0.2) is 59.1 Å². The van der Waals surface area contributed by atoms with Crippen molar-refractivity contribution in [2.24, 2.45) is 5.16 Å². The highest BCUT2D eigenvalue weighted by molar-refractivity contribution is 7.14. The molecule has 0 fully saturated rings. The number of nitrogens with zero attached hydrogens (tertiary/aromatic N) is 2. The quantitative estimate of drug-likeness (QED) is 0.219. The van der Waals surface area contributed by atoms with E-state index in [0.29, 0.717) is 15.6 Å². The van der Waals surface area contributed by atoms with Gasteiger partial charge in [-0.05, 0) is 55.5 Å². The van der Waals surface area contributed by atoms with Crippen LogP contribution in [0.1, 0.15) is 33.3 Å². The van der Waals surface area contributed by atoms with Gasteiger partial charge < -0.3 is 9.57 Å². The number of halogens is 2. The summed E-state index contributed by atoms with van der Waals surface area (Å²) in [4.78, 5) is 45.9. The summed E-state index contributed by atoms with van der Waals surface area (Å²) >= 11 is 12.7. The molecule has 2 aromatic carbocycles. The van der Waals surface area contributed by atoms with Crippen molar-refractivity contribution in [3.8, 4) is 0 Å². The van der Waals surface area contributed by atoms with Gasteiger partial charge in [-0.15, -0.1) is 11.3 Å². The zero-order valence-electron chi connectivity index (χ0n) is 16.5. The zero-order chi connectivity index (χ0) is 23.1. The van der Waals surface area contributed by atoms with Gasteiger partial charge in [0.15, 0.2) is 5.13 Å². The zero-order valence-corrected chi connectivity index (χ0v) is 18.8. The number of hydrogen-bond donors (Lipinski definition) is 1. The van der Waals surface area contributed by atoms with Crippen LogP contribution < -0.4 is 5.32 Å². The molecule has 0 bridgehead atoms. The van der Waals surface area contributed by atoms with Crippen LogP contribution in [-0.4, -0.2) is 35.1 Å². The molecule has 0 aliphatic rings. The number of benzene rings is 2. The first-order valence-corrected chi connectivity index (χ1v) is 10.8. The summed E-state index contributed by atoms with van der Waals surface area (Å²) in [5.74, 6) is -2.04. The largest absolute Gasteiger partial charge is 0.461 e. The van der Waals surface area contributed by atoms with Gasteiger partial charge in [0.1, 0.15) is 5.69 Å². The third kappa shape index (κ3) is 6.13. The number of carbonyl (C=O) groups excluding carboxylic acids is 3. The minimum absolute atomic E-state index is 0.0729. The smallest absolute Gasteiger partial charge is 0.365 e. The molecule has 3 aromatic rings. The predicted molar refractivity (Wildman–Crippen MR) is 122 cm³/mol. The second kappa shape index (κ2) is 10.9. The summed E-state index contributed by atoms with van der Waals surface area (Å²) in [7, 11) is 0. The van der Waals surface area contributed by atoms with Crippen molar-refractivity contribution in [1.29, 1.82) is 0 Å². The maximum absolute atomic E-state index is 12.3. The van der Waals surface area contributed by atoms with Crippen LogP contribution in [0.25, 0.3) is 0 Å². The van der Waals surface area contributed by atoms with Gasteiger partial charge in [0.2, 0.25) is 5.71 Å². The number of anilines is 1. The highest BCUT2D eigenvalue weighted by Crippen LogP contribution is 2.19. The van der Waals surface area contributed by atoms with Crippen molar-refractivity contribution >= 4 is 63.2 Å². The van der Waals surface area contributed by atoms with E-state index in [9.17, 15) is 14.4 Å². The average molecular weight is 492 g/mol. The first-order valence-electron chi connectivity index (χ1n) is 9.12. The third-order valence-corrected chi connectivity index (χ3v) is 5.10. The Balaban J connectivity index is 1.77. The summed E-state index contributed by atoms with van der Waals surface area (Å²) in [6, 6.07) is 12.2. The van der Waals surface area contributed by atoms with Crippen molar-refractivity contribution < 1.29 is 24.0 Å². The molecule has 1 amide bonds. The molecule has 0 unspecified atom stereocenters. The number of oxime groups is 1. The molecule has 0 saturated heterocycles. The van der Waals surface area contributed by atoms with Crippen molar-refractivity contribution in [3.05, 3.63) is 80.8 Å². The Labute approximate surface area is 196 Å². The second-order valence-electron chi connectivity index (χ2n) is 6.04. The minimum Gasteiger partial charge on any atom is -0.461 e. The maximum atomic E-state index is 12.3. The van der Waals surface area contributed by atoms with Crippen molar-refractivity contribution in [1.82, 2.24) is 4.98 Å². The fourth-order valence-electron chi connectivity index (χ4n) is 2.32. The first-order chi connectivity index (χ1) is 15.4. The molecule has 0 radical (unpaired) electrons. The summed E-state index contributed by atoms with van der Waals surface area (Å²) in [5, 5.41) is 8.90. The van der Waals surface area contributed by atoms with Gasteiger partial charge in [0.25, 0.3) is 5.91 Å². The molecule has 32 heavy (non-hydrogen) atoms. The van der Waals surface area contributed by atoms with Gasteiger partial charge >= 0.3 is 11.9 Å². The number of esters is 1. The van der Waals surface area contributed by atoms with E-state index in [2.05, 4.69) is 15.5 Å². The van der Waals surface area contributed by atoms with Crippen LogP contribution in [0, 0.1) is 0 Å². The molecule has 0 saturated carbocycles. The van der Waals surface area contributed by atoms with E-state index in [1.807, 2.05) is 0 Å². The Kier molecular flexibility index (Phi) is 7.93. The molecule has 0 aliphatic carbocycles. The molecule has 0 aliphatic heterocycles. The first kappa shape index (κ1) is 23.4. The monoisotopic (exact) mass is 491 g/mol. The number of aromatic nitrogens is 1. The molecule has 0 spiro atoms. The molecule has 0 atom stereocenters. The van der Waals surface area contributed by atoms with Crippen molar-refractivity contribution in [3.63, 3.8) is 0 Å². The summed E-state index contributed by atoms with van der Waals surface area (Å²) in [5.41, 5.74) is 0.319. The van der Waals surface area contributed by atoms with E-state index in [4.69, 9.17) is 32.8 Å². The van der Waals surface area contributed by atoms with Crippen LogP contribution in [0.2, 0.25) is 10.0 Å². The van der Waals surface area contributed by atoms with Crippen LogP contribution in [0.5, 0.6) is 0 Å².